The maximum atomic E-state index is 3.59. The second-order valence-electron chi connectivity index (χ2n) is 1.48. The van der Waals surface area contributed by atoms with Gasteiger partial charge < -0.3 is 0 Å². The predicted octanol–water partition coefficient (Wildman–Crippen LogP) is -0.302. The Morgan fingerprint density at radius 3 is 2.20 bits per heavy atom. The molecule has 2 heteroatoms. The van der Waals surface area contributed by atoms with Gasteiger partial charge >= 0.3 is 0 Å². The monoisotopic (exact) mass is 84.1 g/mol. The van der Waals surface area contributed by atoms with E-state index in [1.54, 1.807) is 0 Å². The zero-order chi connectivity index (χ0) is 4.28. The molecule has 5 heavy (non-hydrogen) atoms. The van der Waals surface area contributed by atoms with Gasteiger partial charge in [0.1, 0.15) is 6.31 Å². The first-order chi connectivity index (χ1) is 2.27. The van der Waals surface area contributed by atoms with E-state index in [0.717, 1.165) is 6.31 Å². The Hall–Kier alpha value is 0.0218. The van der Waals surface area contributed by atoms with E-state index >= 15 is 0 Å². The number of rotatable bonds is 1. The molecule has 0 aromatic heterocycles. The molecular weight excluding hydrogens is 74.9 g/mol. The van der Waals surface area contributed by atoms with Gasteiger partial charge in [-0.2, -0.15) is 0 Å². The van der Waals surface area contributed by atoms with E-state index < -0.39 is 0 Å². The zero-order valence-corrected chi connectivity index (χ0v) is 5.86. The lowest BCUT2D eigenvalue weighted by atomic mass is 9.80. The van der Waals surface area contributed by atoms with Gasteiger partial charge in [-0.3, -0.25) is 0 Å². The minimum absolute atomic E-state index is 0.787. The largest absolute Gasteiger partial charge is 0.144 e. The predicted molar refractivity (Wildman–Crippen MR) is 31.8 cm³/mol. The molecule has 0 nitrogen and oxygen atoms in total. The van der Waals surface area contributed by atoms with Gasteiger partial charge in [-0.1, -0.05) is 6.82 Å². The van der Waals surface area contributed by atoms with Gasteiger partial charge in [0, 0.05) is 0 Å². The van der Waals surface area contributed by atoms with Crippen LogP contribution in [0, 0.1) is 0 Å². The van der Waals surface area contributed by atoms with E-state index in [2.05, 4.69) is 13.4 Å². The Morgan fingerprint density at radius 1 is 2.00 bits per heavy atom. The van der Waals surface area contributed by atoms with Crippen LogP contribution in [-0.4, -0.2) is 16.4 Å². The van der Waals surface area contributed by atoms with Gasteiger partial charge in [0.05, 0.1) is 0 Å². The lowest BCUT2D eigenvalue weighted by Crippen LogP contribution is -1.98. The molecule has 0 aromatic rings. The Balaban J connectivity index is 2.83. The maximum absolute atomic E-state index is 3.59. The van der Waals surface area contributed by atoms with Crippen LogP contribution in [0.3, 0.4) is 0 Å². The third-order valence-electron chi connectivity index (χ3n) is 0.471. The van der Waals surface area contributed by atoms with Gasteiger partial charge in [0.2, 0.25) is 0 Å². The highest BCUT2D eigenvalue weighted by molar-refractivity contribution is 7.05. The molecule has 0 heterocycles. The molecule has 0 spiro atoms. The second kappa shape index (κ2) is 2.27. The first kappa shape index (κ1) is 5.02. The standard InChI is InChI=1S/C3H9BSi/c1-3-4(2)5/h3H,1H2,2,5H3. The molecule has 0 bridgehead atoms. The van der Waals surface area contributed by atoms with Crippen LogP contribution in [0.1, 0.15) is 0 Å². The SMILES string of the molecule is C=CB(C)[SiH3]. The van der Waals surface area contributed by atoms with Crippen LogP contribution in [0.2, 0.25) is 6.82 Å². The van der Waals surface area contributed by atoms with Crippen LogP contribution in [-0.2, 0) is 0 Å². The van der Waals surface area contributed by atoms with E-state index in [4.69, 9.17) is 0 Å². The highest BCUT2D eigenvalue weighted by Crippen LogP contribution is 1.66. The average Bonchev–Trinajstić information content (AvgIpc) is 1.38. The summed E-state index contributed by atoms with van der Waals surface area (Å²) in [6, 6.07) is 0. The average molecular weight is 84.0 g/mol. The molecule has 0 aliphatic heterocycles. The minimum atomic E-state index is 0.787. The normalized spacial score (nSPS) is 7.40. The van der Waals surface area contributed by atoms with Gasteiger partial charge in [0.15, 0.2) is 0 Å². The van der Waals surface area contributed by atoms with Crippen molar-refractivity contribution in [2.75, 3.05) is 0 Å². The fourth-order valence-corrected chi connectivity index (χ4v) is 0. The molecule has 0 fully saturated rings. The summed E-state index contributed by atoms with van der Waals surface area (Å²) in [6.07, 6.45) is 0.787. The summed E-state index contributed by atoms with van der Waals surface area (Å²) in [7, 11) is 1.25. The molecule has 0 atom stereocenters. The number of hydrogen-bond donors (Lipinski definition) is 0. The molecular formula is C3H9BSi. The van der Waals surface area contributed by atoms with Crippen molar-refractivity contribution in [1.82, 2.24) is 0 Å². The highest BCUT2D eigenvalue weighted by atomic mass is 28.1. The molecule has 0 radical (unpaired) electrons. The van der Waals surface area contributed by atoms with Crippen molar-refractivity contribution in [3.05, 3.63) is 12.6 Å². The summed E-state index contributed by atoms with van der Waals surface area (Å²) in [5.74, 6) is 1.98. The Morgan fingerprint density at radius 2 is 2.20 bits per heavy atom. The molecule has 0 saturated heterocycles. The summed E-state index contributed by atoms with van der Waals surface area (Å²) in [5.41, 5.74) is 0. The van der Waals surface area contributed by atoms with Gasteiger partial charge in [0.25, 0.3) is 0 Å². The van der Waals surface area contributed by atoms with E-state index in [0.29, 0.717) is 0 Å². The van der Waals surface area contributed by atoms with Crippen LogP contribution in [0.15, 0.2) is 12.6 Å². The summed E-state index contributed by atoms with van der Waals surface area (Å²) in [4.78, 5) is 0. The summed E-state index contributed by atoms with van der Waals surface area (Å²) in [6.45, 7) is 5.76. The first-order valence-corrected chi connectivity index (χ1v) is 3.05. The van der Waals surface area contributed by atoms with Crippen molar-refractivity contribution in [1.29, 1.82) is 0 Å². The summed E-state index contributed by atoms with van der Waals surface area (Å²) >= 11 is 0. The van der Waals surface area contributed by atoms with Crippen molar-refractivity contribution < 1.29 is 0 Å². The maximum Gasteiger partial charge on any atom is 0.144 e. The van der Waals surface area contributed by atoms with Crippen LogP contribution in [0.4, 0.5) is 0 Å². The van der Waals surface area contributed by atoms with Crippen molar-refractivity contribution in [2.45, 2.75) is 6.82 Å². The van der Waals surface area contributed by atoms with Gasteiger partial charge in [-0.05, 0) is 10.1 Å². The Labute approximate surface area is 36.7 Å². The molecule has 28 valence electrons. The molecule has 0 aliphatic rings. The molecule has 0 N–H and O–H groups in total. The van der Waals surface area contributed by atoms with Crippen LogP contribution >= 0.6 is 0 Å². The summed E-state index contributed by atoms with van der Waals surface area (Å²) in [5, 5.41) is 0. The van der Waals surface area contributed by atoms with Crippen LogP contribution in [0.25, 0.3) is 0 Å². The molecule has 0 unspecified atom stereocenters. The van der Waals surface area contributed by atoms with Crippen LogP contribution in [0.5, 0.6) is 0 Å². The van der Waals surface area contributed by atoms with Crippen molar-refractivity contribution in [3.63, 3.8) is 0 Å². The van der Waals surface area contributed by atoms with Crippen molar-refractivity contribution >= 4 is 16.4 Å². The van der Waals surface area contributed by atoms with E-state index in [-0.39, 0.29) is 0 Å². The quantitative estimate of drug-likeness (QED) is 0.382. The van der Waals surface area contributed by atoms with E-state index in [1.165, 1.54) is 10.1 Å². The molecule has 0 rings (SSSR count). The minimum Gasteiger partial charge on any atom is -0.126 e. The lowest BCUT2D eigenvalue weighted by molar-refractivity contribution is 2.23. The Kier molecular flexibility index (Phi) is 2.28. The van der Waals surface area contributed by atoms with Crippen LogP contribution < -0.4 is 0 Å². The van der Waals surface area contributed by atoms with Gasteiger partial charge in [-0.25, -0.2) is 0 Å². The van der Waals surface area contributed by atoms with Crippen molar-refractivity contribution in [2.24, 2.45) is 0 Å². The second-order valence-corrected chi connectivity index (χ2v) is 3.30. The smallest absolute Gasteiger partial charge is 0.126 e. The molecule has 0 aliphatic carbocycles. The topological polar surface area (TPSA) is 0 Å². The summed E-state index contributed by atoms with van der Waals surface area (Å²) < 4.78 is 0. The fraction of sp³-hybridized carbons (Fsp3) is 0.333. The molecule has 0 saturated carbocycles. The van der Waals surface area contributed by atoms with Gasteiger partial charge in [-0.15, -0.1) is 12.6 Å². The lowest BCUT2D eigenvalue weighted by Gasteiger charge is -1.77. The zero-order valence-electron chi connectivity index (χ0n) is 3.86. The van der Waals surface area contributed by atoms with Crippen molar-refractivity contribution in [3.8, 4) is 0 Å². The number of hydrogen-bond acceptors (Lipinski definition) is 0. The third kappa shape index (κ3) is 4.02. The Bertz CT molecular complexity index is 33.9. The third-order valence-corrected chi connectivity index (χ3v) is 0.943. The van der Waals surface area contributed by atoms with E-state index in [9.17, 15) is 0 Å². The molecule has 0 amide bonds. The highest BCUT2D eigenvalue weighted by Gasteiger charge is 1.81. The molecule has 0 aromatic carbocycles. The first-order valence-electron chi connectivity index (χ1n) is 1.90. The van der Waals surface area contributed by atoms with E-state index in [1.807, 2.05) is 5.98 Å². The fourth-order valence-electron chi connectivity index (χ4n) is 0.